The van der Waals surface area contributed by atoms with Gasteiger partial charge in [-0.1, -0.05) is 35.9 Å². The molecule has 0 aliphatic carbocycles. The summed E-state index contributed by atoms with van der Waals surface area (Å²) in [7, 11) is 0. The number of hydrogen-bond acceptors (Lipinski definition) is 5. The van der Waals surface area contributed by atoms with Gasteiger partial charge in [-0.2, -0.15) is 9.78 Å². The lowest BCUT2D eigenvalue weighted by Crippen LogP contribution is -2.45. The van der Waals surface area contributed by atoms with E-state index >= 15 is 0 Å². The van der Waals surface area contributed by atoms with Crippen LogP contribution in [0.1, 0.15) is 16.1 Å². The first-order chi connectivity index (χ1) is 15.0. The van der Waals surface area contributed by atoms with Gasteiger partial charge >= 0.3 is 5.69 Å². The van der Waals surface area contributed by atoms with Crippen molar-refractivity contribution in [2.24, 2.45) is 0 Å². The Labute approximate surface area is 181 Å². The molecule has 1 N–H and O–H groups in total. The van der Waals surface area contributed by atoms with Crippen molar-refractivity contribution in [2.45, 2.75) is 6.54 Å². The van der Waals surface area contributed by atoms with E-state index in [0.29, 0.717) is 22.0 Å². The van der Waals surface area contributed by atoms with E-state index < -0.39 is 22.9 Å². The van der Waals surface area contributed by atoms with Crippen LogP contribution in [0.25, 0.3) is 5.69 Å². The second kappa shape index (κ2) is 8.76. The number of nitrogens with zero attached hydrogens (tertiary/aromatic N) is 4. The maximum absolute atomic E-state index is 13.1. The third kappa shape index (κ3) is 4.44. The molecule has 1 amide bonds. The number of nitrogens with one attached hydrogen (secondary N) is 1. The zero-order valence-electron chi connectivity index (χ0n) is 16.1. The number of carbonyl (C=O) groups is 1. The van der Waals surface area contributed by atoms with E-state index in [9.17, 15) is 14.4 Å². The van der Waals surface area contributed by atoms with E-state index in [1.807, 2.05) is 0 Å². The maximum Gasteiger partial charge on any atom is 0.352 e. The van der Waals surface area contributed by atoms with Crippen molar-refractivity contribution >= 4 is 23.2 Å². The number of rotatable bonds is 5. The predicted octanol–water partition coefficient (Wildman–Crippen LogP) is 2.74. The van der Waals surface area contributed by atoms with Gasteiger partial charge in [-0.05, 0) is 48.0 Å². The minimum Gasteiger partial charge on any atom is -0.320 e. The van der Waals surface area contributed by atoms with Crippen LogP contribution in [-0.4, -0.2) is 25.2 Å². The minimum absolute atomic E-state index is 0.0623. The third-order valence-corrected chi connectivity index (χ3v) is 4.69. The van der Waals surface area contributed by atoms with Gasteiger partial charge in [0.15, 0.2) is 0 Å². The maximum atomic E-state index is 13.1. The van der Waals surface area contributed by atoms with Gasteiger partial charge in [-0.3, -0.25) is 19.1 Å². The Morgan fingerprint density at radius 2 is 1.71 bits per heavy atom. The highest BCUT2D eigenvalue weighted by molar-refractivity contribution is 6.30. The Hall–Kier alpha value is -4.04. The van der Waals surface area contributed by atoms with Crippen LogP contribution in [0.5, 0.6) is 0 Å². The molecule has 0 aliphatic heterocycles. The molecule has 9 heteroatoms. The van der Waals surface area contributed by atoms with Gasteiger partial charge in [-0.15, -0.1) is 0 Å². The average molecular weight is 434 g/mol. The van der Waals surface area contributed by atoms with Crippen LogP contribution in [0.4, 0.5) is 5.69 Å². The molecule has 4 rings (SSSR count). The lowest BCUT2D eigenvalue weighted by Gasteiger charge is -2.12. The van der Waals surface area contributed by atoms with Crippen molar-refractivity contribution in [3.63, 3.8) is 0 Å². The molecule has 0 atom stereocenters. The summed E-state index contributed by atoms with van der Waals surface area (Å²) in [5, 5.41) is 7.18. The zero-order valence-corrected chi connectivity index (χ0v) is 16.9. The Morgan fingerprint density at radius 1 is 0.968 bits per heavy atom. The molecule has 31 heavy (non-hydrogen) atoms. The van der Waals surface area contributed by atoms with Gasteiger partial charge in [-0.25, -0.2) is 4.79 Å². The van der Waals surface area contributed by atoms with Crippen molar-refractivity contribution < 1.29 is 4.79 Å². The molecule has 0 spiro atoms. The van der Waals surface area contributed by atoms with Crippen molar-refractivity contribution in [1.29, 1.82) is 0 Å². The lowest BCUT2D eigenvalue weighted by atomic mass is 10.2. The monoisotopic (exact) mass is 433 g/mol. The van der Waals surface area contributed by atoms with Gasteiger partial charge in [0.05, 0.1) is 12.2 Å². The normalized spacial score (nSPS) is 10.6. The molecule has 0 saturated carbocycles. The summed E-state index contributed by atoms with van der Waals surface area (Å²) in [6.45, 7) is -0.0623. The summed E-state index contributed by atoms with van der Waals surface area (Å²) >= 11 is 5.94. The summed E-state index contributed by atoms with van der Waals surface area (Å²) in [6.07, 6.45) is 3.13. The standard InChI is InChI=1S/C22H16ClN5O3/c23-16-8-10-18(11-9-16)28-22(31)27(14-15-5-4-12-24-13-15)21(30)19(26-28)20(29)25-17-6-2-1-3-7-17/h1-13H,14H2,(H,25,29). The Kier molecular flexibility index (Phi) is 5.72. The first kappa shape index (κ1) is 20.2. The average Bonchev–Trinajstić information content (AvgIpc) is 2.79. The van der Waals surface area contributed by atoms with Crippen LogP contribution in [-0.2, 0) is 6.54 Å². The number of benzene rings is 2. The zero-order chi connectivity index (χ0) is 21.8. The fourth-order valence-electron chi connectivity index (χ4n) is 2.93. The van der Waals surface area contributed by atoms with Gasteiger partial charge in [0, 0.05) is 23.1 Å². The first-order valence-corrected chi connectivity index (χ1v) is 9.66. The van der Waals surface area contributed by atoms with Crippen LogP contribution in [0.2, 0.25) is 5.02 Å². The predicted molar refractivity (Wildman–Crippen MR) is 117 cm³/mol. The highest BCUT2D eigenvalue weighted by Crippen LogP contribution is 2.12. The highest BCUT2D eigenvalue weighted by Gasteiger charge is 2.20. The Bertz CT molecular complexity index is 1330. The van der Waals surface area contributed by atoms with Crippen LogP contribution < -0.4 is 16.6 Å². The molecule has 8 nitrogen and oxygen atoms in total. The molecule has 154 valence electrons. The quantitative estimate of drug-likeness (QED) is 0.521. The van der Waals surface area contributed by atoms with Crippen LogP contribution >= 0.6 is 11.6 Å². The van der Waals surface area contributed by atoms with Crippen molar-refractivity contribution in [2.75, 3.05) is 5.32 Å². The summed E-state index contributed by atoms with van der Waals surface area (Å²) in [6, 6.07) is 18.4. The van der Waals surface area contributed by atoms with E-state index in [0.717, 1.165) is 9.25 Å². The molecular weight excluding hydrogens is 418 g/mol. The molecule has 0 aliphatic rings. The van der Waals surface area contributed by atoms with E-state index in [1.54, 1.807) is 79.1 Å². The number of pyridine rings is 1. The lowest BCUT2D eigenvalue weighted by molar-refractivity contribution is 0.101. The summed E-state index contributed by atoms with van der Waals surface area (Å²) in [4.78, 5) is 43.0. The van der Waals surface area contributed by atoms with Crippen LogP contribution in [0, 0.1) is 0 Å². The van der Waals surface area contributed by atoms with E-state index in [-0.39, 0.29) is 6.54 Å². The molecule has 0 unspecified atom stereocenters. The summed E-state index contributed by atoms with van der Waals surface area (Å²) in [5.74, 6) is -0.723. The Morgan fingerprint density at radius 3 is 2.39 bits per heavy atom. The molecule has 0 radical (unpaired) electrons. The van der Waals surface area contributed by atoms with Crippen LogP contribution in [0.3, 0.4) is 0 Å². The van der Waals surface area contributed by atoms with Gasteiger partial charge in [0.1, 0.15) is 0 Å². The van der Waals surface area contributed by atoms with E-state index in [1.165, 1.54) is 0 Å². The van der Waals surface area contributed by atoms with Gasteiger partial charge < -0.3 is 5.32 Å². The SMILES string of the molecule is O=C(Nc1ccccc1)c1nn(-c2ccc(Cl)cc2)c(=O)n(Cc2cccnc2)c1=O. The van der Waals surface area contributed by atoms with Gasteiger partial charge in [0.25, 0.3) is 11.5 Å². The van der Waals surface area contributed by atoms with E-state index in [4.69, 9.17) is 11.6 Å². The summed E-state index contributed by atoms with van der Waals surface area (Å²) in [5.41, 5.74) is -0.410. The second-order valence-electron chi connectivity index (χ2n) is 6.59. The highest BCUT2D eigenvalue weighted by atomic mass is 35.5. The Balaban J connectivity index is 1.85. The number of halogens is 1. The number of hydrogen-bond donors (Lipinski definition) is 1. The second-order valence-corrected chi connectivity index (χ2v) is 7.03. The molecule has 4 aromatic rings. The largest absolute Gasteiger partial charge is 0.352 e. The number of carbonyl (C=O) groups excluding carboxylic acids is 1. The number of amides is 1. The smallest absolute Gasteiger partial charge is 0.320 e. The topological polar surface area (TPSA) is 98.9 Å². The number of aromatic nitrogens is 4. The minimum atomic E-state index is -0.799. The van der Waals surface area contributed by atoms with Crippen molar-refractivity contribution in [3.05, 3.63) is 116 Å². The van der Waals surface area contributed by atoms with Crippen molar-refractivity contribution in [3.8, 4) is 5.69 Å². The number of para-hydroxylation sites is 1. The molecule has 0 saturated heterocycles. The molecular formula is C22H16ClN5O3. The van der Waals surface area contributed by atoms with E-state index in [2.05, 4.69) is 15.4 Å². The summed E-state index contributed by atoms with van der Waals surface area (Å²) < 4.78 is 1.96. The number of anilines is 1. The molecule has 2 heterocycles. The molecule has 2 aromatic carbocycles. The molecule has 0 bridgehead atoms. The van der Waals surface area contributed by atoms with Crippen LogP contribution in [0.15, 0.2) is 88.7 Å². The fraction of sp³-hybridized carbons (Fsp3) is 0.0455. The fourth-order valence-corrected chi connectivity index (χ4v) is 3.06. The molecule has 0 fully saturated rings. The molecule has 2 aromatic heterocycles. The van der Waals surface area contributed by atoms with Gasteiger partial charge in [0.2, 0.25) is 5.69 Å². The van der Waals surface area contributed by atoms with Crippen molar-refractivity contribution in [1.82, 2.24) is 19.3 Å². The first-order valence-electron chi connectivity index (χ1n) is 9.28. The third-order valence-electron chi connectivity index (χ3n) is 4.44.